The van der Waals surface area contributed by atoms with E-state index in [1.54, 1.807) is 50.4 Å². The van der Waals surface area contributed by atoms with Gasteiger partial charge in [0.1, 0.15) is 30.2 Å². The van der Waals surface area contributed by atoms with E-state index in [4.69, 9.17) is 17.2 Å². The van der Waals surface area contributed by atoms with Gasteiger partial charge in [0.25, 0.3) is 0 Å². The first-order chi connectivity index (χ1) is 26.9. The number of guanidine groups is 1. The monoisotopic (exact) mass is 826 g/mol. The zero-order valence-corrected chi connectivity index (χ0v) is 33.9. The van der Waals surface area contributed by atoms with Gasteiger partial charge in [-0.05, 0) is 63.0 Å². The Morgan fingerprint density at radius 2 is 1.33 bits per heavy atom. The molecule has 2 aromatic carbocycles. The summed E-state index contributed by atoms with van der Waals surface area (Å²) in [7, 11) is 0. The molecule has 0 radical (unpaired) electrons. The van der Waals surface area contributed by atoms with Crippen molar-refractivity contribution in [3.8, 4) is 0 Å². The molecule has 3 rings (SSSR count). The second-order valence-electron chi connectivity index (χ2n) is 14.2. The molecule has 19 heteroatoms. The van der Waals surface area contributed by atoms with Gasteiger partial charge in [0.2, 0.25) is 29.5 Å². The fraction of sp³-hybridized carbons (Fsp3) is 0.447. The number of nitrogens with two attached hydrogens (primary N) is 3. The highest BCUT2D eigenvalue weighted by atomic mass is 32.1. The van der Waals surface area contributed by atoms with Crippen molar-refractivity contribution in [2.45, 2.75) is 93.9 Å². The third kappa shape index (κ3) is 14.6. The quantitative estimate of drug-likeness (QED) is 0.0276. The number of carboxylic acids is 1. The average molecular weight is 827 g/mol. The maximum atomic E-state index is 14.2. The molecular formula is C38H54N10O7S2. The van der Waals surface area contributed by atoms with Gasteiger partial charge in [0, 0.05) is 41.2 Å². The first-order valence-corrected chi connectivity index (χ1v) is 19.5. The summed E-state index contributed by atoms with van der Waals surface area (Å²) in [5, 5.41) is 23.7. The van der Waals surface area contributed by atoms with Crippen LogP contribution in [-0.2, 0) is 41.6 Å². The second-order valence-corrected chi connectivity index (χ2v) is 15.8. The SMILES string of the molecule is C[C@@H](NC(=O)[C@@H](N)C(C)(C)S)C(=O)N[C@H](Cc1ccccc1)C(=O)N[C@@H](CCCN=C(N)N)C(=O)N[C@@H](Cc1c[nH]c2ccccc12)C(=O)N[C@@H](CCS)C(=O)O. The van der Waals surface area contributed by atoms with Crippen LogP contribution in [0.1, 0.15) is 51.2 Å². The maximum absolute atomic E-state index is 14.2. The topological polar surface area (TPSA) is 289 Å². The van der Waals surface area contributed by atoms with Crippen LogP contribution in [0.25, 0.3) is 10.9 Å². The summed E-state index contributed by atoms with van der Waals surface area (Å²) >= 11 is 8.46. The fourth-order valence-corrected chi connectivity index (χ4v) is 6.13. The van der Waals surface area contributed by atoms with Gasteiger partial charge in [-0.1, -0.05) is 48.5 Å². The van der Waals surface area contributed by atoms with E-state index >= 15 is 0 Å². The van der Waals surface area contributed by atoms with Crippen LogP contribution in [0.3, 0.4) is 0 Å². The van der Waals surface area contributed by atoms with Gasteiger partial charge >= 0.3 is 5.97 Å². The normalized spacial score (nSPS) is 14.5. The number of aliphatic carboxylic acids is 1. The third-order valence-corrected chi connectivity index (χ3v) is 9.59. The number of para-hydroxylation sites is 1. The first-order valence-electron chi connectivity index (χ1n) is 18.4. The Bertz CT molecular complexity index is 1880. The summed E-state index contributed by atoms with van der Waals surface area (Å²) < 4.78 is -0.883. The summed E-state index contributed by atoms with van der Waals surface area (Å²) in [5.41, 5.74) is 19.1. The molecule has 0 saturated carbocycles. The minimum atomic E-state index is -1.28. The molecule has 0 aliphatic rings. The number of amides is 5. The molecule has 1 aromatic heterocycles. The van der Waals surface area contributed by atoms with E-state index in [2.05, 4.69) is 61.8 Å². The van der Waals surface area contributed by atoms with Gasteiger partial charge in [-0.3, -0.25) is 29.0 Å². The number of aromatic nitrogens is 1. The van der Waals surface area contributed by atoms with Gasteiger partial charge in [-0.25, -0.2) is 4.79 Å². The number of carboxylic acid groups (broad SMARTS) is 1. The van der Waals surface area contributed by atoms with Crippen LogP contribution < -0.4 is 43.8 Å². The summed E-state index contributed by atoms with van der Waals surface area (Å²) in [5.74, 6) is -4.84. The number of H-pyrrole nitrogens is 1. The molecule has 5 amide bonds. The minimum Gasteiger partial charge on any atom is -0.480 e. The van der Waals surface area contributed by atoms with Gasteiger partial charge in [0.05, 0.1) is 6.04 Å². The fourth-order valence-electron chi connectivity index (χ4n) is 5.75. The van der Waals surface area contributed by atoms with Crippen LogP contribution >= 0.6 is 25.3 Å². The van der Waals surface area contributed by atoms with Gasteiger partial charge < -0.3 is 53.9 Å². The number of fused-ring (bicyclic) bond motifs is 1. The third-order valence-electron chi connectivity index (χ3n) is 9.05. The Morgan fingerprint density at radius 3 is 1.95 bits per heavy atom. The van der Waals surface area contributed by atoms with E-state index in [9.17, 15) is 33.9 Å². The predicted octanol–water partition coefficient (Wildman–Crippen LogP) is -0.109. The maximum Gasteiger partial charge on any atom is 0.326 e. The summed E-state index contributed by atoms with van der Waals surface area (Å²) in [4.78, 5) is 87.2. The molecule has 0 unspecified atom stereocenters. The number of carbonyl (C=O) groups is 6. The van der Waals surface area contributed by atoms with Crippen LogP contribution in [0.5, 0.6) is 0 Å². The molecule has 0 saturated heterocycles. The highest BCUT2D eigenvalue weighted by Crippen LogP contribution is 2.20. The van der Waals surface area contributed by atoms with Gasteiger partial charge in [-0.2, -0.15) is 25.3 Å². The Labute approximate surface area is 342 Å². The predicted molar refractivity (Wildman–Crippen MR) is 225 cm³/mol. The molecule has 0 fully saturated rings. The lowest BCUT2D eigenvalue weighted by Crippen LogP contribution is -2.60. The number of benzene rings is 2. The molecule has 1 heterocycles. The van der Waals surface area contributed by atoms with Crippen molar-refractivity contribution in [3.63, 3.8) is 0 Å². The van der Waals surface area contributed by atoms with Crippen LogP contribution in [0.4, 0.5) is 0 Å². The molecular weight excluding hydrogens is 773 g/mol. The standard InChI is InChI=1S/C38H54N10O7S2/c1-21(44-35(53)30(39)38(2,3)57)31(49)47-28(18-22-10-5-4-6-11-22)33(51)45-26(14-9-16-42-37(40)41)32(50)48-29(34(52)46-27(15-17-56)36(54)55)19-23-20-43-25-13-8-7-12-24(23)25/h4-8,10-13,20-21,26-30,43,56-57H,9,14-19,39H2,1-3H3,(H,44,53)(H,45,51)(H,46,52)(H,47,49)(H,48,50)(H,54,55)(H4,40,41,42)/t21-,26+,27+,28-,29+,30-/m1/s1. The molecule has 0 bridgehead atoms. The van der Waals surface area contributed by atoms with E-state index in [0.717, 1.165) is 10.9 Å². The van der Waals surface area contributed by atoms with Crippen molar-refractivity contribution < 1.29 is 33.9 Å². The number of rotatable bonds is 22. The van der Waals surface area contributed by atoms with Crippen molar-refractivity contribution in [2.75, 3.05) is 12.3 Å². The number of carbonyl (C=O) groups excluding carboxylic acids is 5. The molecule has 6 atom stereocenters. The van der Waals surface area contributed by atoms with Crippen molar-refractivity contribution in [1.82, 2.24) is 31.6 Å². The zero-order valence-electron chi connectivity index (χ0n) is 32.2. The molecule has 13 N–H and O–H groups in total. The molecule has 0 spiro atoms. The van der Waals surface area contributed by atoms with Crippen LogP contribution in [0, 0.1) is 0 Å². The highest BCUT2D eigenvalue weighted by Gasteiger charge is 2.34. The van der Waals surface area contributed by atoms with E-state index in [1.807, 2.05) is 24.3 Å². The smallest absolute Gasteiger partial charge is 0.326 e. The highest BCUT2D eigenvalue weighted by molar-refractivity contribution is 7.81. The molecule has 0 aliphatic carbocycles. The number of thiol groups is 2. The first kappa shape index (κ1) is 46.1. The lowest BCUT2D eigenvalue weighted by atomic mass is 10.0. The number of aliphatic imine (C=N–C) groups is 1. The van der Waals surface area contributed by atoms with Crippen molar-refractivity contribution in [2.24, 2.45) is 22.2 Å². The summed E-state index contributed by atoms with van der Waals surface area (Å²) in [6, 6.07) is 8.96. The molecule has 17 nitrogen and oxygen atoms in total. The largest absolute Gasteiger partial charge is 0.480 e. The van der Waals surface area contributed by atoms with Crippen molar-refractivity contribution in [3.05, 3.63) is 71.9 Å². The molecule has 57 heavy (non-hydrogen) atoms. The van der Waals surface area contributed by atoms with E-state index in [1.165, 1.54) is 6.92 Å². The van der Waals surface area contributed by atoms with E-state index in [-0.39, 0.29) is 50.4 Å². The molecule has 310 valence electrons. The van der Waals surface area contributed by atoms with Gasteiger partial charge in [0.15, 0.2) is 5.96 Å². The second kappa shape index (κ2) is 21.9. The number of hydrogen-bond acceptors (Lipinski definition) is 10. The van der Waals surface area contributed by atoms with E-state index in [0.29, 0.717) is 11.1 Å². The van der Waals surface area contributed by atoms with Crippen LogP contribution in [-0.4, -0.2) is 105 Å². The number of nitrogens with one attached hydrogen (secondary N) is 6. The minimum absolute atomic E-state index is 0.00302. The van der Waals surface area contributed by atoms with Crippen LogP contribution in [0.2, 0.25) is 0 Å². The Balaban J connectivity index is 1.92. The lowest BCUT2D eigenvalue weighted by Gasteiger charge is -2.28. The van der Waals surface area contributed by atoms with Crippen molar-refractivity contribution >= 4 is 77.6 Å². The number of nitrogens with zero attached hydrogens (tertiary/aromatic N) is 1. The molecule has 3 aromatic rings. The average Bonchev–Trinajstić information content (AvgIpc) is 3.57. The Kier molecular flexibility index (Phi) is 17.7. The Hall–Kier alpha value is -5.27. The summed E-state index contributed by atoms with van der Waals surface area (Å²) in [6.07, 6.45) is 1.92. The zero-order chi connectivity index (χ0) is 42.3. The van der Waals surface area contributed by atoms with Crippen molar-refractivity contribution in [1.29, 1.82) is 0 Å². The van der Waals surface area contributed by atoms with E-state index < -0.39 is 76.5 Å². The van der Waals surface area contributed by atoms with Crippen LogP contribution in [0.15, 0.2) is 65.8 Å². The molecule has 0 aliphatic heterocycles. The summed E-state index contributed by atoms with van der Waals surface area (Å²) in [6.45, 7) is 4.86. The number of hydrogen-bond donors (Lipinski definition) is 12. The lowest BCUT2D eigenvalue weighted by molar-refractivity contribution is -0.142. The van der Waals surface area contributed by atoms with Gasteiger partial charge in [-0.15, -0.1) is 0 Å². The number of aromatic amines is 1. The Morgan fingerprint density at radius 1 is 0.772 bits per heavy atom.